The Morgan fingerprint density at radius 1 is 1.09 bits per heavy atom. The maximum Gasteiger partial charge on any atom is 0.0544 e. The Kier molecular flexibility index (Phi) is 3.67. The lowest BCUT2D eigenvalue weighted by Gasteiger charge is -2.27. The Morgan fingerprint density at radius 2 is 1.86 bits per heavy atom. The normalized spacial score (nSPS) is 19.4. The third kappa shape index (κ3) is 3.04. The van der Waals surface area contributed by atoms with E-state index in [1.807, 2.05) is 24.4 Å². The second kappa shape index (κ2) is 5.68. The Balaban J connectivity index is 1.51. The van der Waals surface area contributed by atoms with E-state index in [1.165, 1.54) is 36.9 Å². The van der Waals surface area contributed by atoms with Gasteiger partial charge in [-0.3, -0.25) is 9.88 Å². The summed E-state index contributed by atoms with van der Waals surface area (Å²) >= 11 is 6.04. The fourth-order valence-corrected chi connectivity index (χ4v) is 3.46. The smallest absolute Gasteiger partial charge is 0.0544 e. The summed E-state index contributed by atoms with van der Waals surface area (Å²) in [6.07, 6.45) is 7.15. The van der Waals surface area contributed by atoms with Crippen LogP contribution in [0.3, 0.4) is 0 Å². The van der Waals surface area contributed by atoms with Gasteiger partial charge in [0.15, 0.2) is 0 Å². The highest BCUT2D eigenvalue weighted by Gasteiger charge is 2.47. The van der Waals surface area contributed by atoms with Crippen molar-refractivity contribution in [1.82, 2.24) is 9.88 Å². The first-order chi connectivity index (χ1) is 10.8. The summed E-state index contributed by atoms with van der Waals surface area (Å²) in [5.41, 5.74) is 2.98. The molecule has 0 radical (unpaired) electrons. The van der Waals surface area contributed by atoms with Crippen molar-refractivity contribution in [3.05, 3.63) is 64.9 Å². The van der Waals surface area contributed by atoms with E-state index in [4.69, 9.17) is 11.6 Å². The maximum absolute atomic E-state index is 6.04. The number of aromatic nitrogens is 1. The molecule has 1 heterocycles. The van der Waals surface area contributed by atoms with Crippen LogP contribution in [-0.4, -0.2) is 22.5 Å². The number of rotatable bonds is 6. The van der Waals surface area contributed by atoms with Gasteiger partial charge in [-0.25, -0.2) is 0 Å². The van der Waals surface area contributed by atoms with Crippen molar-refractivity contribution in [2.45, 2.75) is 43.7 Å². The number of pyridine rings is 1. The van der Waals surface area contributed by atoms with Gasteiger partial charge in [-0.2, -0.15) is 0 Å². The molecule has 0 amide bonds. The fraction of sp³-hybridized carbons (Fsp3) is 0.421. The number of halogens is 1. The highest BCUT2D eigenvalue weighted by molar-refractivity contribution is 6.30. The number of hydrogen-bond donors (Lipinski definition) is 0. The highest BCUT2D eigenvalue weighted by atomic mass is 35.5. The van der Waals surface area contributed by atoms with Crippen molar-refractivity contribution in [2.75, 3.05) is 6.54 Å². The molecule has 0 aliphatic heterocycles. The molecular formula is C19H21ClN2. The molecule has 0 bridgehead atoms. The Bertz CT molecular complexity index is 630. The van der Waals surface area contributed by atoms with E-state index >= 15 is 0 Å². The zero-order valence-electron chi connectivity index (χ0n) is 12.7. The average molecular weight is 313 g/mol. The molecule has 0 unspecified atom stereocenters. The lowest BCUT2D eigenvalue weighted by atomic mass is 9.95. The van der Waals surface area contributed by atoms with Gasteiger partial charge in [-0.05, 0) is 55.5 Å². The van der Waals surface area contributed by atoms with E-state index in [9.17, 15) is 0 Å². The van der Waals surface area contributed by atoms with E-state index in [2.05, 4.69) is 34.1 Å². The second-order valence-corrected chi connectivity index (χ2v) is 7.18. The number of benzene rings is 1. The van der Waals surface area contributed by atoms with Gasteiger partial charge in [-0.15, -0.1) is 0 Å². The van der Waals surface area contributed by atoms with Gasteiger partial charge in [0.25, 0.3) is 0 Å². The third-order valence-corrected chi connectivity index (χ3v) is 5.22. The van der Waals surface area contributed by atoms with E-state index < -0.39 is 0 Å². The largest absolute Gasteiger partial charge is 0.294 e. The van der Waals surface area contributed by atoms with Crippen LogP contribution < -0.4 is 0 Å². The minimum atomic E-state index is 0.349. The molecule has 2 aromatic rings. The van der Waals surface area contributed by atoms with Crippen LogP contribution in [0.15, 0.2) is 48.7 Å². The molecular weight excluding hydrogens is 292 g/mol. The number of hydrogen-bond acceptors (Lipinski definition) is 2. The Labute approximate surface area is 137 Å². The summed E-state index contributed by atoms with van der Waals surface area (Å²) in [5, 5.41) is 0.826. The van der Waals surface area contributed by atoms with Gasteiger partial charge >= 0.3 is 0 Å². The van der Waals surface area contributed by atoms with Crippen molar-refractivity contribution < 1.29 is 0 Å². The van der Waals surface area contributed by atoms with Gasteiger partial charge in [0, 0.05) is 35.8 Å². The van der Waals surface area contributed by atoms with E-state index in [0.29, 0.717) is 5.41 Å². The summed E-state index contributed by atoms with van der Waals surface area (Å²) in [7, 11) is 0. The molecule has 1 aromatic heterocycles. The molecule has 2 fully saturated rings. The van der Waals surface area contributed by atoms with E-state index in [0.717, 1.165) is 24.2 Å². The molecule has 2 nitrogen and oxygen atoms in total. The molecule has 4 rings (SSSR count). The molecule has 0 saturated heterocycles. The number of nitrogens with zero attached hydrogens (tertiary/aromatic N) is 2. The highest BCUT2D eigenvalue weighted by Crippen LogP contribution is 2.50. The van der Waals surface area contributed by atoms with Crippen LogP contribution in [0, 0.1) is 0 Å². The molecule has 1 aromatic carbocycles. The summed E-state index contributed by atoms with van der Waals surface area (Å²) in [5.74, 6) is 0. The first-order valence-corrected chi connectivity index (χ1v) is 8.53. The van der Waals surface area contributed by atoms with Crippen LogP contribution in [-0.2, 0) is 12.0 Å². The molecule has 3 heteroatoms. The molecule has 2 aliphatic carbocycles. The summed E-state index contributed by atoms with van der Waals surface area (Å²) < 4.78 is 0. The fourth-order valence-electron chi connectivity index (χ4n) is 3.33. The van der Waals surface area contributed by atoms with Gasteiger partial charge in [0.1, 0.15) is 0 Å². The average Bonchev–Trinajstić information content (AvgIpc) is 3.43. The van der Waals surface area contributed by atoms with Crippen molar-refractivity contribution in [3.63, 3.8) is 0 Å². The quantitative estimate of drug-likeness (QED) is 0.784. The lowest BCUT2D eigenvalue weighted by molar-refractivity contribution is 0.228. The molecule has 2 saturated carbocycles. The van der Waals surface area contributed by atoms with Crippen LogP contribution in [0.5, 0.6) is 0 Å². The van der Waals surface area contributed by atoms with Crippen LogP contribution >= 0.6 is 11.6 Å². The Morgan fingerprint density at radius 3 is 2.45 bits per heavy atom. The monoisotopic (exact) mass is 312 g/mol. The van der Waals surface area contributed by atoms with E-state index in [-0.39, 0.29) is 0 Å². The minimum absolute atomic E-state index is 0.349. The Hall–Kier alpha value is -1.38. The van der Waals surface area contributed by atoms with Crippen molar-refractivity contribution in [1.29, 1.82) is 0 Å². The van der Waals surface area contributed by atoms with Gasteiger partial charge in [-0.1, -0.05) is 29.8 Å². The SMILES string of the molecule is Clc1ccc(C2(CN(Cc3ccccn3)C3CC3)CC2)cc1. The standard InChI is InChI=1S/C19H21ClN2/c20-16-6-4-15(5-7-16)19(10-11-19)14-22(18-8-9-18)13-17-3-1-2-12-21-17/h1-7,12,18H,8-11,13-14H2. The van der Waals surface area contributed by atoms with Crippen molar-refractivity contribution in [2.24, 2.45) is 0 Å². The molecule has 0 spiro atoms. The molecule has 0 atom stereocenters. The van der Waals surface area contributed by atoms with Gasteiger partial charge in [0.2, 0.25) is 0 Å². The summed E-state index contributed by atoms with van der Waals surface area (Å²) in [6.45, 7) is 2.12. The van der Waals surface area contributed by atoms with Crippen molar-refractivity contribution in [3.8, 4) is 0 Å². The maximum atomic E-state index is 6.04. The predicted octanol–water partition coefficient (Wildman–Crippen LogP) is 4.43. The zero-order valence-corrected chi connectivity index (χ0v) is 13.5. The van der Waals surface area contributed by atoms with Crippen LogP contribution in [0.2, 0.25) is 5.02 Å². The summed E-state index contributed by atoms with van der Waals surface area (Å²) in [4.78, 5) is 7.15. The second-order valence-electron chi connectivity index (χ2n) is 6.74. The lowest BCUT2D eigenvalue weighted by Crippen LogP contribution is -2.34. The molecule has 114 valence electrons. The van der Waals surface area contributed by atoms with Crippen molar-refractivity contribution >= 4 is 11.6 Å². The van der Waals surface area contributed by atoms with Gasteiger partial charge < -0.3 is 0 Å². The van der Waals surface area contributed by atoms with Crippen LogP contribution in [0.25, 0.3) is 0 Å². The summed E-state index contributed by atoms with van der Waals surface area (Å²) in [6, 6.07) is 15.4. The first kappa shape index (κ1) is 14.2. The minimum Gasteiger partial charge on any atom is -0.294 e. The third-order valence-electron chi connectivity index (χ3n) is 4.97. The van der Waals surface area contributed by atoms with E-state index in [1.54, 1.807) is 0 Å². The van der Waals surface area contributed by atoms with Crippen LogP contribution in [0.4, 0.5) is 0 Å². The molecule has 0 N–H and O–H groups in total. The van der Waals surface area contributed by atoms with Gasteiger partial charge in [0.05, 0.1) is 5.69 Å². The predicted molar refractivity (Wildman–Crippen MR) is 90.0 cm³/mol. The molecule has 2 aliphatic rings. The molecule has 22 heavy (non-hydrogen) atoms. The van der Waals surface area contributed by atoms with Crippen LogP contribution in [0.1, 0.15) is 36.9 Å². The topological polar surface area (TPSA) is 16.1 Å². The zero-order chi connectivity index (χ0) is 15.0. The first-order valence-electron chi connectivity index (χ1n) is 8.15.